The van der Waals surface area contributed by atoms with Gasteiger partial charge in [0.25, 0.3) is 0 Å². The van der Waals surface area contributed by atoms with Gasteiger partial charge in [0.15, 0.2) is 0 Å². The van der Waals surface area contributed by atoms with E-state index in [1.807, 2.05) is 42.8 Å². The van der Waals surface area contributed by atoms with Crippen molar-refractivity contribution in [2.75, 3.05) is 39.5 Å². The maximum Gasteiger partial charge on any atom is 0.134 e. The minimum Gasteiger partial charge on any atom is -0.492 e. The Bertz CT molecular complexity index is 1090. The van der Waals surface area contributed by atoms with Gasteiger partial charge in [-0.15, -0.1) is 0 Å². The highest BCUT2D eigenvalue weighted by Crippen LogP contribution is 2.22. The van der Waals surface area contributed by atoms with Crippen molar-refractivity contribution >= 4 is 11.6 Å². The highest BCUT2D eigenvalue weighted by Gasteiger charge is 2.33. The lowest BCUT2D eigenvalue weighted by Crippen LogP contribution is -2.48. The second kappa shape index (κ2) is 11.2. The molecule has 8 heteroatoms. The van der Waals surface area contributed by atoms with E-state index in [0.29, 0.717) is 43.6 Å². The lowest BCUT2D eigenvalue weighted by atomic mass is 10.1. The lowest BCUT2D eigenvalue weighted by Gasteiger charge is -2.30. The lowest BCUT2D eigenvalue weighted by molar-refractivity contribution is -0.0646. The molecule has 182 valence electrons. The summed E-state index contributed by atoms with van der Waals surface area (Å²) in [7, 11) is 0. The molecule has 0 saturated carbocycles. The molecule has 34 heavy (non-hydrogen) atoms. The van der Waals surface area contributed by atoms with Gasteiger partial charge in [-0.25, -0.2) is 0 Å². The zero-order chi connectivity index (χ0) is 24.0. The van der Waals surface area contributed by atoms with Gasteiger partial charge in [0.2, 0.25) is 0 Å². The monoisotopic (exact) mass is 485 g/mol. The number of β-amino-alcohol motifs (C(OH)–C–C–N with tert-alkyl or cyclic N) is 1. The molecular formula is C26H32ClN3O4. The summed E-state index contributed by atoms with van der Waals surface area (Å²) in [6.07, 6.45) is 0. The molecular weight excluding hydrogens is 454 g/mol. The number of halogens is 1. The fraction of sp³-hybridized carbons (Fsp3) is 0.423. The van der Waals surface area contributed by atoms with Crippen LogP contribution in [0.15, 0.2) is 54.6 Å². The Morgan fingerprint density at radius 2 is 1.88 bits per heavy atom. The summed E-state index contributed by atoms with van der Waals surface area (Å²) in [5, 5.41) is 16.2. The molecule has 1 fully saturated rings. The fourth-order valence-electron chi connectivity index (χ4n) is 4.14. The Morgan fingerprint density at radius 3 is 2.65 bits per heavy atom. The van der Waals surface area contributed by atoms with Gasteiger partial charge in [0.1, 0.15) is 30.3 Å². The Hall–Kier alpha value is -2.58. The highest BCUT2D eigenvalue weighted by atomic mass is 35.5. The predicted octanol–water partition coefficient (Wildman–Crippen LogP) is 3.87. The first kappa shape index (κ1) is 24.5. The number of hydrogen-bond donors (Lipinski definition) is 1. The van der Waals surface area contributed by atoms with Crippen molar-refractivity contribution in [2.45, 2.75) is 32.5 Å². The Balaban J connectivity index is 1.32. The molecule has 0 aliphatic carbocycles. The molecule has 7 nitrogen and oxygen atoms in total. The van der Waals surface area contributed by atoms with Gasteiger partial charge in [-0.2, -0.15) is 5.10 Å². The molecule has 3 aromatic rings. The van der Waals surface area contributed by atoms with E-state index >= 15 is 0 Å². The number of hydrogen-bond acceptors (Lipinski definition) is 6. The van der Waals surface area contributed by atoms with Crippen LogP contribution in [0.25, 0.3) is 0 Å². The van der Waals surface area contributed by atoms with Crippen molar-refractivity contribution in [2.24, 2.45) is 0 Å². The van der Waals surface area contributed by atoms with Crippen LogP contribution in [0.3, 0.4) is 0 Å². The van der Waals surface area contributed by atoms with Crippen molar-refractivity contribution in [1.29, 1.82) is 0 Å². The van der Waals surface area contributed by atoms with Crippen LogP contribution in [0.2, 0.25) is 5.02 Å². The number of rotatable bonds is 9. The number of aromatic nitrogens is 2. The summed E-state index contributed by atoms with van der Waals surface area (Å²) in [5.74, 6) is 1.45. The molecule has 0 unspecified atom stereocenters. The van der Waals surface area contributed by atoms with Crippen LogP contribution >= 0.6 is 11.6 Å². The van der Waals surface area contributed by atoms with Crippen molar-refractivity contribution in [3.8, 4) is 11.5 Å². The number of ether oxygens (including phenoxy) is 3. The average Bonchev–Trinajstić information content (AvgIpc) is 3.00. The van der Waals surface area contributed by atoms with Crippen LogP contribution < -0.4 is 9.47 Å². The summed E-state index contributed by atoms with van der Waals surface area (Å²) in [4.78, 5) is 2.18. The molecule has 1 N–H and O–H groups in total. The summed E-state index contributed by atoms with van der Waals surface area (Å²) < 4.78 is 19.5. The van der Waals surface area contributed by atoms with Gasteiger partial charge in [-0.1, -0.05) is 29.8 Å². The van der Waals surface area contributed by atoms with Crippen LogP contribution in [-0.2, 0) is 17.8 Å². The van der Waals surface area contributed by atoms with Gasteiger partial charge in [-0.3, -0.25) is 9.58 Å². The molecule has 0 spiro atoms. The van der Waals surface area contributed by atoms with E-state index in [-0.39, 0.29) is 13.2 Å². The highest BCUT2D eigenvalue weighted by molar-refractivity contribution is 6.30. The molecule has 0 radical (unpaired) electrons. The zero-order valence-corrected chi connectivity index (χ0v) is 20.5. The van der Waals surface area contributed by atoms with Gasteiger partial charge in [0.05, 0.1) is 25.5 Å². The van der Waals surface area contributed by atoms with E-state index in [4.69, 9.17) is 25.8 Å². The minimum absolute atomic E-state index is 0.124. The topological polar surface area (TPSA) is 69.0 Å². The van der Waals surface area contributed by atoms with Crippen molar-refractivity contribution in [3.05, 3.63) is 76.6 Å². The molecule has 1 saturated heterocycles. The third kappa shape index (κ3) is 6.96. The second-order valence-corrected chi connectivity index (χ2v) is 9.32. The molecule has 1 aliphatic rings. The molecule has 1 aromatic heterocycles. The smallest absolute Gasteiger partial charge is 0.134 e. The van der Waals surface area contributed by atoms with E-state index in [0.717, 1.165) is 29.2 Å². The third-order valence-electron chi connectivity index (χ3n) is 5.72. The van der Waals surface area contributed by atoms with E-state index < -0.39 is 5.60 Å². The minimum atomic E-state index is -1.12. The standard InChI is InChI=1S/C26H32ClN3O4/c1-20-13-21(2)30(28-20)10-12-33-24-7-3-5-22(14-24)16-29-9-11-32-18-26(31,17-29)19-34-25-8-4-6-23(27)15-25/h3-8,13-15,31H,9-12,16-19H2,1-2H3/t26-/m0/s1. The Morgan fingerprint density at radius 1 is 1.09 bits per heavy atom. The molecule has 2 heterocycles. The van der Waals surface area contributed by atoms with Gasteiger partial charge in [-0.05, 0) is 55.8 Å². The van der Waals surface area contributed by atoms with E-state index in [9.17, 15) is 5.11 Å². The summed E-state index contributed by atoms with van der Waals surface area (Å²) in [6, 6.07) is 17.3. The van der Waals surface area contributed by atoms with E-state index in [1.165, 1.54) is 0 Å². The Labute approximate surface area is 205 Å². The van der Waals surface area contributed by atoms with Gasteiger partial charge >= 0.3 is 0 Å². The molecule has 0 bridgehead atoms. The second-order valence-electron chi connectivity index (χ2n) is 8.88. The van der Waals surface area contributed by atoms with Gasteiger partial charge in [0, 0.05) is 30.4 Å². The van der Waals surface area contributed by atoms with Gasteiger partial charge < -0.3 is 19.3 Å². The van der Waals surface area contributed by atoms with Crippen molar-refractivity contribution in [1.82, 2.24) is 14.7 Å². The first-order valence-corrected chi connectivity index (χ1v) is 11.9. The predicted molar refractivity (Wildman–Crippen MR) is 132 cm³/mol. The summed E-state index contributed by atoms with van der Waals surface area (Å²) in [6.45, 7) is 8.03. The molecule has 4 rings (SSSR count). The third-order valence-corrected chi connectivity index (χ3v) is 5.96. The summed E-state index contributed by atoms with van der Waals surface area (Å²) >= 11 is 6.03. The Kier molecular flexibility index (Phi) is 8.11. The molecule has 2 aromatic carbocycles. The van der Waals surface area contributed by atoms with Crippen LogP contribution in [0.4, 0.5) is 0 Å². The number of benzene rings is 2. The number of aliphatic hydroxyl groups is 1. The van der Waals surface area contributed by atoms with Crippen molar-refractivity contribution in [3.63, 3.8) is 0 Å². The fourth-order valence-corrected chi connectivity index (χ4v) is 4.32. The molecule has 0 amide bonds. The average molecular weight is 486 g/mol. The van der Waals surface area contributed by atoms with Crippen LogP contribution in [0.1, 0.15) is 17.0 Å². The normalized spacial score (nSPS) is 19.1. The number of aryl methyl sites for hydroxylation is 2. The van der Waals surface area contributed by atoms with Crippen LogP contribution in [-0.4, -0.2) is 64.9 Å². The largest absolute Gasteiger partial charge is 0.492 e. The van der Waals surface area contributed by atoms with Crippen LogP contribution in [0.5, 0.6) is 11.5 Å². The summed E-state index contributed by atoms with van der Waals surface area (Å²) in [5.41, 5.74) is 2.14. The molecule has 1 aliphatic heterocycles. The van der Waals surface area contributed by atoms with E-state index in [2.05, 4.69) is 28.2 Å². The van der Waals surface area contributed by atoms with Crippen molar-refractivity contribution < 1.29 is 19.3 Å². The quantitative estimate of drug-likeness (QED) is 0.496. The zero-order valence-electron chi connectivity index (χ0n) is 19.7. The maximum atomic E-state index is 11.2. The van der Waals surface area contributed by atoms with Crippen LogP contribution in [0, 0.1) is 13.8 Å². The van der Waals surface area contributed by atoms with E-state index in [1.54, 1.807) is 12.1 Å². The maximum absolute atomic E-state index is 11.2. The SMILES string of the molecule is Cc1cc(C)n(CCOc2cccc(CN3CCOC[C@](O)(COc4cccc(Cl)c4)C3)c2)n1. The first-order chi connectivity index (χ1) is 16.4. The molecule has 1 atom stereocenters. The first-order valence-electron chi connectivity index (χ1n) is 11.5. The number of nitrogens with zero attached hydrogens (tertiary/aromatic N) is 3.